The minimum atomic E-state index is -0.0826. The fourth-order valence-electron chi connectivity index (χ4n) is 2.95. The molecule has 2 aromatic rings. The molecule has 0 atom stereocenters. The maximum absolute atomic E-state index is 12.0. The summed E-state index contributed by atoms with van der Waals surface area (Å²) in [5.74, 6) is 0.815. The first-order chi connectivity index (χ1) is 11.2. The van der Waals surface area contributed by atoms with Gasteiger partial charge in [0.2, 0.25) is 11.5 Å². The second-order valence-electron chi connectivity index (χ2n) is 6.55. The summed E-state index contributed by atoms with van der Waals surface area (Å²) in [4.78, 5) is 26.7. The minimum Gasteiger partial charge on any atom is -0.326 e. The average Bonchev–Trinajstić information content (AvgIpc) is 3.34. The van der Waals surface area contributed by atoms with E-state index in [2.05, 4.69) is 17.2 Å². The molecule has 1 aromatic heterocycles. The Morgan fingerprint density at radius 1 is 1.30 bits per heavy atom. The zero-order valence-corrected chi connectivity index (χ0v) is 13.7. The van der Waals surface area contributed by atoms with Crippen molar-refractivity contribution in [1.82, 2.24) is 4.98 Å². The number of hydrogen-bond acceptors (Lipinski definition) is 2. The van der Waals surface area contributed by atoms with Crippen LogP contribution in [0.3, 0.4) is 0 Å². The quantitative estimate of drug-likeness (QED) is 0.811. The van der Waals surface area contributed by atoms with E-state index in [4.69, 9.17) is 0 Å². The smallest absolute Gasteiger partial charge is 0.248 e. The third kappa shape index (κ3) is 4.21. The number of fused-ring (bicyclic) bond motifs is 1. The summed E-state index contributed by atoms with van der Waals surface area (Å²) in [6.07, 6.45) is 7.18. The molecule has 0 bridgehead atoms. The van der Waals surface area contributed by atoms with E-state index in [0.717, 1.165) is 53.8 Å². The first kappa shape index (κ1) is 15.8. The lowest BCUT2D eigenvalue weighted by atomic mass is 10.0. The molecule has 0 saturated heterocycles. The van der Waals surface area contributed by atoms with Crippen molar-refractivity contribution in [1.29, 1.82) is 0 Å². The van der Waals surface area contributed by atoms with E-state index in [1.807, 2.05) is 18.2 Å². The van der Waals surface area contributed by atoms with Crippen LogP contribution in [0.5, 0.6) is 0 Å². The van der Waals surface area contributed by atoms with Gasteiger partial charge in [-0.15, -0.1) is 0 Å². The van der Waals surface area contributed by atoms with Crippen molar-refractivity contribution >= 4 is 22.5 Å². The Hall–Kier alpha value is -2.10. The maximum Gasteiger partial charge on any atom is 0.248 e. The molecule has 0 unspecified atom stereocenters. The van der Waals surface area contributed by atoms with Crippen molar-refractivity contribution in [2.45, 2.75) is 51.9 Å². The Morgan fingerprint density at radius 3 is 2.87 bits per heavy atom. The summed E-state index contributed by atoms with van der Waals surface area (Å²) >= 11 is 0. The Labute approximate surface area is 136 Å². The van der Waals surface area contributed by atoms with Gasteiger partial charge in [0.15, 0.2) is 0 Å². The molecule has 4 heteroatoms. The second kappa shape index (κ2) is 6.99. The van der Waals surface area contributed by atoms with Crippen molar-refractivity contribution in [2.75, 3.05) is 5.32 Å². The number of amides is 1. The fourth-order valence-corrected chi connectivity index (χ4v) is 2.95. The van der Waals surface area contributed by atoms with Crippen molar-refractivity contribution in [2.24, 2.45) is 5.92 Å². The van der Waals surface area contributed by atoms with Gasteiger partial charge in [-0.25, -0.2) is 0 Å². The van der Waals surface area contributed by atoms with E-state index in [9.17, 15) is 9.59 Å². The van der Waals surface area contributed by atoms with Gasteiger partial charge in [0, 0.05) is 23.6 Å². The molecule has 0 radical (unpaired) electrons. The highest BCUT2D eigenvalue weighted by Crippen LogP contribution is 2.33. The standard InChI is InChI=1S/C19H24N2O2/c1-2-3-4-14-11-19(23)21-17-12-15(8-9-16(14)17)20-18(22)10-7-13-5-6-13/h8-9,11-13H,2-7,10H2,1H3,(H,20,22)(H,21,23). The van der Waals surface area contributed by atoms with Gasteiger partial charge in [-0.1, -0.05) is 32.3 Å². The summed E-state index contributed by atoms with van der Waals surface area (Å²) in [6.45, 7) is 2.14. The van der Waals surface area contributed by atoms with Crippen molar-refractivity contribution in [3.63, 3.8) is 0 Å². The minimum absolute atomic E-state index is 0.0562. The molecule has 1 amide bonds. The molecule has 122 valence electrons. The number of H-pyrrole nitrogens is 1. The van der Waals surface area contributed by atoms with Crippen molar-refractivity contribution in [3.05, 3.63) is 40.2 Å². The third-order valence-electron chi connectivity index (χ3n) is 4.49. The van der Waals surface area contributed by atoms with Gasteiger partial charge in [-0.05, 0) is 42.9 Å². The Bertz CT molecular complexity index is 760. The van der Waals surface area contributed by atoms with Crippen LogP contribution >= 0.6 is 0 Å². The number of pyridine rings is 1. The monoisotopic (exact) mass is 312 g/mol. The van der Waals surface area contributed by atoms with Crippen LogP contribution in [0.2, 0.25) is 0 Å². The number of benzene rings is 1. The molecule has 1 aromatic carbocycles. The average molecular weight is 312 g/mol. The maximum atomic E-state index is 12.0. The first-order valence-corrected chi connectivity index (χ1v) is 8.61. The molecule has 1 saturated carbocycles. The van der Waals surface area contributed by atoms with E-state index in [0.29, 0.717) is 6.42 Å². The van der Waals surface area contributed by atoms with Crippen LogP contribution in [0.1, 0.15) is 51.0 Å². The van der Waals surface area contributed by atoms with E-state index in [1.54, 1.807) is 6.07 Å². The Morgan fingerprint density at radius 2 is 2.13 bits per heavy atom. The highest BCUT2D eigenvalue weighted by atomic mass is 16.1. The van der Waals surface area contributed by atoms with Gasteiger partial charge in [0.25, 0.3) is 0 Å². The van der Waals surface area contributed by atoms with E-state index >= 15 is 0 Å². The number of carbonyl (C=O) groups excluding carboxylic acids is 1. The summed E-state index contributed by atoms with van der Waals surface area (Å²) in [5.41, 5.74) is 2.54. The molecule has 0 aliphatic heterocycles. The number of aromatic amines is 1. The largest absolute Gasteiger partial charge is 0.326 e. The van der Waals surface area contributed by atoms with Crippen LogP contribution in [0, 0.1) is 5.92 Å². The van der Waals surface area contributed by atoms with Gasteiger partial charge in [0.05, 0.1) is 5.52 Å². The Kier molecular flexibility index (Phi) is 4.79. The topological polar surface area (TPSA) is 62.0 Å². The normalized spacial score (nSPS) is 14.1. The van der Waals surface area contributed by atoms with Gasteiger partial charge in [-0.2, -0.15) is 0 Å². The van der Waals surface area contributed by atoms with Crippen LogP contribution in [0.25, 0.3) is 10.9 Å². The van der Waals surface area contributed by atoms with Gasteiger partial charge < -0.3 is 10.3 Å². The van der Waals surface area contributed by atoms with Crippen molar-refractivity contribution < 1.29 is 4.79 Å². The third-order valence-corrected chi connectivity index (χ3v) is 4.49. The lowest BCUT2D eigenvalue weighted by Crippen LogP contribution is -2.12. The number of aryl methyl sites for hydroxylation is 1. The van der Waals surface area contributed by atoms with Crippen LogP contribution in [0.15, 0.2) is 29.1 Å². The number of unbranched alkanes of at least 4 members (excludes halogenated alkanes) is 1. The summed E-state index contributed by atoms with van der Waals surface area (Å²) < 4.78 is 0. The fraction of sp³-hybridized carbons (Fsp3) is 0.474. The molecule has 1 aliphatic rings. The number of carbonyl (C=O) groups is 1. The summed E-state index contributed by atoms with van der Waals surface area (Å²) in [6, 6.07) is 7.46. The molecular weight excluding hydrogens is 288 g/mol. The lowest BCUT2D eigenvalue weighted by Gasteiger charge is -2.09. The summed E-state index contributed by atoms with van der Waals surface area (Å²) in [5, 5.41) is 4.00. The number of nitrogens with one attached hydrogen (secondary N) is 2. The number of anilines is 1. The van der Waals surface area contributed by atoms with Crippen LogP contribution in [-0.4, -0.2) is 10.9 Å². The predicted octanol–water partition coefficient (Wildman–Crippen LogP) is 4.00. The molecule has 23 heavy (non-hydrogen) atoms. The second-order valence-corrected chi connectivity index (χ2v) is 6.55. The zero-order valence-electron chi connectivity index (χ0n) is 13.7. The van der Waals surface area contributed by atoms with Crippen LogP contribution < -0.4 is 10.9 Å². The molecule has 3 rings (SSSR count). The Balaban J connectivity index is 1.77. The molecule has 1 fully saturated rings. The van der Waals surface area contributed by atoms with Gasteiger partial charge in [0.1, 0.15) is 0 Å². The molecule has 1 aliphatic carbocycles. The van der Waals surface area contributed by atoms with Crippen LogP contribution in [-0.2, 0) is 11.2 Å². The SMILES string of the molecule is CCCCc1cc(=O)[nH]c2cc(NC(=O)CCC3CC3)ccc12. The van der Waals surface area contributed by atoms with E-state index < -0.39 is 0 Å². The number of rotatable bonds is 7. The summed E-state index contributed by atoms with van der Waals surface area (Å²) in [7, 11) is 0. The molecule has 2 N–H and O–H groups in total. The van der Waals surface area contributed by atoms with Gasteiger partial charge >= 0.3 is 0 Å². The van der Waals surface area contributed by atoms with E-state index in [-0.39, 0.29) is 11.5 Å². The van der Waals surface area contributed by atoms with Crippen LogP contribution in [0.4, 0.5) is 5.69 Å². The lowest BCUT2D eigenvalue weighted by molar-refractivity contribution is -0.116. The predicted molar refractivity (Wildman–Crippen MR) is 93.8 cm³/mol. The molecular formula is C19H24N2O2. The molecule has 4 nitrogen and oxygen atoms in total. The highest BCUT2D eigenvalue weighted by Gasteiger charge is 2.21. The first-order valence-electron chi connectivity index (χ1n) is 8.61. The van der Waals surface area contributed by atoms with E-state index in [1.165, 1.54) is 12.8 Å². The number of hydrogen-bond donors (Lipinski definition) is 2. The highest BCUT2D eigenvalue weighted by molar-refractivity contribution is 5.94. The molecule has 0 spiro atoms. The molecule has 1 heterocycles. The van der Waals surface area contributed by atoms with Gasteiger partial charge in [-0.3, -0.25) is 9.59 Å². The zero-order chi connectivity index (χ0) is 16.2. The number of aromatic nitrogens is 1. The van der Waals surface area contributed by atoms with Crippen molar-refractivity contribution in [3.8, 4) is 0 Å².